The van der Waals surface area contributed by atoms with E-state index in [1.807, 2.05) is 12.1 Å². The average molecular weight is 379 g/mol. The summed E-state index contributed by atoms with van der Waals surface area (Å²) in [5.41, 5.74) is 0.298. The Morgan fingerprint density at radius 3 is 3.00 bits per heavy atom. The number of ketones is 1. The number of furan rings is 1. The van der Waals surface area contributed by atoms with E-state index in [4.69, 9.17) is 9.15 Å². The van der Waals surface area contributed by atoms with Gasteiger partial charge in [0.1, 0.15) is 5.76 Å². The van der Waals surface area contributed by atoms with Gasteiger partial charge in [0.05, 0.1) is 25.7 Å². The zero-order valence-electron chi connectivity index (χ0n) is 13.2. The predicted octanol–water partition coefficient (Wildman–Crippen LogP) is 3.87. The lowest BCUT2D eigenvalue weighted by Crippen LogP contribution is -2.03. The molecule has 0 spiro atoms. The summed E-state index contributed by atoms with van der Waals surface area (Å²) in [6.45, 7) is 0.510. The monoisotopic (exact) mass is 379 g/mol. The van der Waals surface area contributed by atoms with Crippen molar-refractivity contribution in [1.82, 2.24) is 10.2 Å². The smallest absolute Gasteiger partial charge is 0.206 e. The molecule has 0 radical (unpaired) electrons. The maximum Gasteiger partial charge on any atom is 0.206 e. The second kappa shape index (κ2) is 8.13. The molecule has 130 valence electrons. The summed E-state index contributed by atoms with van der Waals surface area (Å²) in [5, 5.41) is 11.8. The molecule has 0 bridgehead atoms. The molecular formula is C16H14FN3O3S2. The normalized spacial score (nSPS) is 10.6. The van der Waals surface area contributed by atoms with Gasteiger partial charge in [0.2, 0.25) is 5.13 Å². The molecule has 9 heteroatoms. The fourth-order valence-corrected chi connectivity index (χ4v) is 3.61. The van der Waals surface area contributed by atoms with E-state index in [1.165, 1.54) is 42.3 Å². The molecule has 1 aromatic carbocycles. The molecule has 3 aromatic rings. The number of carbonyl (C=O) groups excluding carboxylic acids is 1. The van der Waals surface area contributed by atoms with Crippen molar-refractivity contribution in [3.63, 3.8) is 0 Å². The lowest BCUT2D eigenvalue weighted by Gasteiger charge is -2.04. The van der Waals surface area contributed by atoms with Crippen molar-refractivity contribution >= 4 is 34.0 Å². The van der Waals surface area contributed by atoms with Crippen LogP contribution >= 0.6 is 23.1 Å². The number of benzene rings is 1. The zero-order valence-corrected chi connectivity index (χ0v) is 14.8. The van der Waals surface area contributed by atoms with Crippen LogP contribution in [0.2, 0.25) is 0 Å². The van der Waals surface area contributed by atoms with Crippen LogP contribution in [-0.4, -0.2) is 28.8 Å². The van der Waals surface area contributed by atoms with Crippen molar-refractivity contribution in [2.24, 2.45) is 0 Å². The maximum atomic E-state index is 13.7. The molecule has 3 rings (SSSR count). The van der Waals surface area contributed by atoms with Gasteiger partial charge in [-0.05, 0) is 30.3 Å². The number of nitrogens with zero attached hydrogens (tertiary/aromatic N) is 2. The zero-order chi connectivity index (χ0) is 17.6. The molecule has 1 N–H and O–H groups in total. The van der Waals surface area contributed by atoms with Crippen molar-refractivity contribution in [3.8, 4) is 5.75 Å². The molecule has 25 heavy (non-hydrogen) atoms. The van der Waals surface area contributed by atoms with E-state index in [0.29, 0.717) is 21.6 Å². The van der Waals surface area contributed by atoms with Crippen LogP contribution in [0.4, 0.5) is 9.52 Å². The van der Waals surface area contributed by atoms with Crippen molar-refractivity contribution < 1.29 is 18.3 Å². The Balaban J connectivity index is 1.53. The van der Waals surface area contributed by atoms with Gasteiger partial charge in [0.15, 0.2) is 21.7 Å². The quantitative estimate of drug-likeness (QED) is 0.470. The largest absolute Gasteiger partial charge is 0.494 e. The third-order valence-corrected chi connectivity index (χ3v) is 5.22. The number of nitrogens with one attached hydrogen (secondary N) is 1. The summed E-state index contributed by atoms with van der Waals surface area (Å²) in [6.07, 6.45) is 1.60. The Bertz CT molecular complexity index is 852. The number of halogens is 1. The van der Waals surface area contributed by atoms with Gasteiger partial charge < -0.3 is 14.5 Å². The van der Waals surface area contributed by atoms with Crippen molar-refractivity contribution in [2.45, 2.75) is 10.9 Å². The number of anilines is 1. The number of Topliss-reactive ketones (excluding diaryl/α,β-unsaturated/α-hetero) is 1. The number of hydrogen-bond acceptors (Lipinski definition) is 8. The van der Waals surface area contributed by atoms with E-state index in [1.54, 1.807) is 12.3 Å². The molecule has 0 aliphatic carbocycles. The van der Waals surface area contributed by atoms with Gasteiger partial charge in [-0.2, -0.15) is 0 Å². The molecule has 2 aromatic heterocycles. The molecule has 0 saturated heterocycles. The number of rotatable bonds is 8. The van der Waals surface area contributed by atoms with Crippen molar-refractivity contribution in [1.29, 1.82) is 0 Å². The van der Waals surface area contributed by atoms with Crippen molar-refractivity contribution in [3.05, 3.63) is 53.7 Å². The SMILES string of the molecule is COc1ccc(C(=O)CSc2nnc(NCc3ccco3)s2)cc1F. The first kappa shape index (κ1) is 17.4. The Morgan fingerprint density at radius 1 is 1.40 bits per heavy atom. The number of hydrogen-bond donors (Lipinski definition) is 1. The lowest BCUT2D eigenvalue weighted by molar-refractivity contribution is 0.102. The van der Waals surface area contributed by atoms with Crippen LogP contribution < -0.4 is 10.1 Å². The molecule has 0 aliphatic rings. The molecule has 0 aliphatic heterocycles. The van der Waals surface area contributed by atoms with E-state index in [0.717, 1.165) is 5.76 Å². The molecule has 2 heterocycles. The van der Waals surface area contributed by atoms with Gasteiger partial charge in [-0.25, -0.2) is 4.39 Å². The van der Waals surface area contributed by atoms with Crippen molar-refractivity contribution in [2.75, 3.05) is 18.2 Å². The lowest BCUT2D eigenvalue weighted by atomic mass is 10.1. The molecule has 0 unspecified atom stereocenters. The summed E-state index contributed by atoms with van der Waals surface area (Å²) in [6, 6.07) is 7.83. The number of ether oxygens (including phenoxy) is 1. The first-order valence-electron chi connectivity index (χ1n) is 7.25. The summed E-state index contributed by atoms with van der Waals surface area (Å²) in [5.74, 6) is 0.311. The highest BCUT2D eigenvalue weighted by Gasteiger charge is 2.13. The minimum absolute atomic E-state index is 0.112. The van der Waals surface area contributed by atoms with Crippen LogP contribution in [-0.2, 0) is 6.54 Å². The average Bonchev–Trinajstić information content (AvgIpc) is 3.29. The van der Waals surface area contributed by atoms with Gasteiger partial charge in [-0.3, -0.25) is 4.79 Å². The molecule has 0 amide bonds. The number of methoxy groups -OCH3 is 1. The molecular weight excluding hydrogens is 365 g/mol. The predicted molar refractivity (Wildman–Crippen MR) is 94.0 cm³/mol. The topological polar surface area (TPSA) is 77.2 Å². The molecule has 0 atom stereocenters. The van der Waals surface area contributed by atoms with Crippen LogP contribution in [0.3, 0.4) is 0 Å². The fourth-order valence-electron chi connectivity index (χ4n) is 1.97. The second-order valence-corrected chi connectivity index (χ2v) is 7.07. The van der Waals surface area contributed by atoms with Crippen LogP contribution in [0, 0.1) is 5.82 Å². The van der Waals surface area contributed by atoms with Crippen LogP contribution in [0.5, 0.6) is 5.75 Å². The second-order valence-electron chi connectivity index (χ2n) is 4.87. The van der Waals surface area contributed by atoms with Gasteiger partial charge >= 0.3 is 0 Å². The van der Waals surface area contributed by atoms with Crippen LogP contribution in [0.15, 0.2) is 45.4 Å². The highest BCUT2D eigenvalue weighted by atomic mass is 32.2. The van der Waals surface area contributed by atoms with Crippen LogP contribution in [0.25, 0.3) is 0 Å². The number of thioether (sulfide) groups is 1. The third kappa shape index (κ3) is 4.58. The maximum absolute atomic E-state index is 13.7. The fraction of sp³-hybridized carbons (Fsp3) is 0.188. The Hall–Kier alpha value is -2.39. The number of carbonyl (C=O) groups is 1. The third-order valence-electron chi connectivity index (χ3n) is 3.20. The van der Waals surface area contributed by atoms with Gasteiger partial charge in [-0.1, -0.05) is 23.1 Å². The van der Waals surface area contributed by atoms with E-state index in [9.17, 15) is 9.18 Å². The van der Waals surface area contributed by atoms with E-state index in [2.05, 4.69) is 15.5 Å². The highest BCUT2D eigenvalue weighted by molar-refractivity contribution is 8.01. The summed E-state index contributed by atoms with van der Waals surface area (Å²) < 4.78 is 24.4. The summed E-state index contributed by atoms with van der Waals surface area (Å²) in [7, 11) is 1.38. The highest BCUT2D eigenvalue weighted by Crippen LogP contribution is 2.27. The summed E-state index contributed by atoms with van der Waals surface area (Å²) >= 11 is 2.60. The van der Waals surface area contributed by atoms with E-state index < -0.39 is 5.82 Å². The molecule has 6 nitrogen and oxygen atoms in total. The van der Waals surface area contributed by atoms with E-state index >= 15 is 0 Å². The minimum atomic E-state index is -0.557. The first-order chi connectivity index (χ1) is 12.2. The molecule has 0 saturated carbocycles. The van der Waals surface area contributed by atoms with Gasteiger partial charge in [-0.15, -0.1) is 10.2 Å². The van der Waals surface area contributed by atoms with Gasteiger partial charge in [0, 0.05) is 5.56 Å². The van der Waals surface area contributed by atoms with E-state index in [-0.39, 0.29) is 17.3 Å². The summed E-state index contributed by atoms with van der Waals surface area (Å²) in [4.78, 5) is 12.2. The number of aromatic nitrogens is 2. The molecule has 0 fully saturated rings. The van der Waals surface area contributed by atoms with Crippen LogP contribution in [0.1, 0.15) is 16.1 Å². The minimum Gasteiger partial charge on any atom is -0.494 e. The Morgan fingerprint density at radius 2 is 2.28 bits per heavy atom. The Kier molecular flexibility index (Phi) is 5.67. The first-order valence-corrected chi connectivity index (χ1v) is 9.05. The van der Waals surface area contributed by atoms with Gasteiger partial charge in [0.25, 0.3) is 0 Å². The standard InChI is InChI=1S/C16H14FN3O3S2/c1-22-14-5-4-10(7-12(14)17)13(21)9-24-16-20-19-15(25-16)18-8-11-3-2-6-23-11/h2-7H,8-9H2,1H3,(H,18,19). The Labute approximate surface area is 151 Å².